The van der Waals surface area contributed by atoms with Crippen molar-refractivity contribution in [3.8, 4) is 11.4 Å². The third-order valence-electron chi connectivity index (χ3n) is 3.65. The predicted molar refractivity (Wildman–Crippen MR) is 89.1 cm³/mol. The Morgan fingerprint density at radius 2 is 2.00 bits per heavy atom. The van der Waals surface area contributed by atoms with Crippen LogP contribution in [0.25, 0.3) is 5.69 Å². The van der Waals surface area contributed by atoms with Gasteiger partial charge in [0.1, 0.15) is 0 Å². The zero-order valence-corrected chi connectivity index (χ0v) is 13.9. The molecule has 0 aliphatic heterocycles. The molecule has 0 spiro atoms. The average Bonchev–Trinajstić information content (AvgIpc) is 3.21. The molecule has 1 amide bonds. The number of hydrogen-bond acceptors (Lipinski definition) is 4. The lowest BCUT2D eigenvalue weighted by Gasteiger charge is -2.15. The van der Waals surface area contributed by atoms with Gasteiger partial charge < -0.3 is 9.64 Å². The first-order chi connectivity index (χ1) is 11.6. The summed E-state index contributed by atoms with van der Waals surface area (Å²) in [6.07, 6.45) is 5.33. The van der Waals surface area contributed by atoms with Crippen molar-refractivity contribution < 1.29 is 9.53 Å². The molecule has 24 heavy (non-hydrogen) atoms. The number of para-hydroxylation sites is 1. The number of carbonyl (C=O) groups is 1. The number of aromatic nitrogens is 4. The maximum atomic E-state index is 12.7. The van der Waals surface area contributed by atoms with E-state index in [2.05, 4.69) is 10.2 Å². The van der Waals surface area contributed by atoms with Crippen molar-refractivity contribution in [2.45, 2.75) is 6.54 Å². The molecule has 1 aromatic carbocycles. The lowest BCUT2D eigenvalue weighted by molar-refractivity contribution is 0.0775. The molecule has 0 aliphatic rings. The SMILES string of the molecule is COc1cn(-c2ccccc2)nc1C(=O)N(C)Cc1cnn(C)c1. The van der Waals surface area contributed by atoms with Crippen molar-refractivity contribution in [2.24, 2.45) is 7.05 Å². The Labute approximate surface area is 140 Å². The van der Waals surface area contributed by atoms with Gasteiger partial charge in [-0.3, -0.25) is 9.48 Å². The molecule has 0 radical (unpaired) electrons. The number of nitrogens with zero attached hydrogens (tertiary/aromatic N) is 5. The van der Waals surface area contributed by atoms with E-state index in [1.807, 2.05) is 43.6 Å². The lowest BCUT2D eigenvalue weighted by Crippen LogP contribution is -2.27. The van der Waals surface area contributed by atoms with Crippen LogP contribution >= 0.6 is 0 Å². The summed E-state index contributed by atoms with van der Waals surface area (Å²) in [5, 5.41) is 8.51. The Morgan fingerprint density at radius 1 is 1.25 bits per heavy atom. The number of ether oxygens (including phenoxy) is 1. The van der Waals surface area contributed by atoms with Crippen molar-refractivity contribution >= 4 is 5.91 Å². The zero-order valence-electron chi connectivity index (χ0n) is 13.9. The Kier molecular flexibility index (Phi) is 4.33. The van der Waals surface area contributed by atoms with Crippen molar-refractivity contribution in [1.29, 1.82) is 0 Å². The van der Waals surface area contributed by atoms with Crippen LogP contribution in [0.3, 0.4) is 0 Å². The largest absolute Gasteiger partial charge is 0.493 e. The zero-order chi connectivity index (χ0) is 17.1. The fraction of sp³-hybridized carbons (Fsp3) is 0.235. The van der Waals surface area contributed by atoms with Crippen LogP contribution in [0.1, 0.15) is 16.1 Å². The van der Waals surface area contributed by atoms with Crippen LogP contribution in [0.2, 0.25) is 0 Å². The minimum Gasteiger partial charge on any atom is -0.493 e. The van der Waals surface area contributed by atoms with Crippen LogP contribution in [0, 0.1) is 0 Å². The third kappa shape index (κ3) is 3.15. The first kappa shape index (κ1) is 15.8. The standard InChI is InChI=1S/C17H19N5O2/c1-20(10-13-9-18-21(2)11-13)17(23)16-15(24-3)12-22(19-16)14-7-5-4-6-8-14/h4-9,11-12H,10H2,1-3H3. The third-order valence-corrected chi connectivity index (χ3v) is 3.65. The van der Waals surface area contributed by atoms with Crippen LogP contribution < -0.4 is 4.74 Å². The Hall–Kier alpha value is -3.09. The molecule has 7 nitrogen and oxygen atoms in total. The molecule has 0 unspecified atom stereocenters. The lowest BCUT2D eigenvalue weighted by atomic mass is 10.3. The highest BCUT2D eigenvalue weighted by atomic mass is 16.5. The summed E-state index contributed by atoms with van der Waals surface area (Å²) in [4.78, 5) is 14.3. The molecule has 0 saturated carbocycles. The summed E-state index contributed by atoms with van der Waals surface area (Å²) < 4.78 is 8.68. The van der Waals surface area contributed by atoms with Crippen LogP contribution in [0.5, 0.6) is 5.75 Å². The molecule has 0 fully saturated rings. The Balaban J connectivity index is 1.85. The molecule has 2 heterocycles. The number of carbonyl (C=O) groups excluding carboxylic acids is 1. The van der Waals surface area contributed by atoms with Gasteiger partial charge in [-0.05, 0) is 12.1 Å². The summed E-state index contributed by atoms with van der Waals surface area (Å²) in [6.45, 7) is 0.452. The number of methoxy groups -OCH3 is 1. The molecular weight excluding hydrogens is 306 g/mol. The summed E-state index contributed by atoms with van der Waals surface area (Å²) in [5.41, 5.74) is 2.10. The maximum Gasteiger partial charge on any atom is 0.278 e. The van der Waals surface area contributed by atoms with Crippen molar-refractivity contribution in [1.82, 2.24) is 24.5 Å². The summed E-state index contributed by atoms with van der Waals surface area (Å²) in [5.74, 6) is 0.243. The maximum absolute atomic E-state index is 12.7. The number of aryl methyl sites for hydroxylation is 1. The van der Waals surface area contributed by atoms with E-state index in [1.54, 1.807) is 33.7 Å². The van der Waals surface area contributed by atoms with Crippen LogP contribution in [-0.2, 0) is 13.6 Å². The molecule has 0 N–H and O–H groups in total. The monoisotopic (exact) mass is 325 g/mol. The van der Waals surface area contributed by atoms with Crippen molar-refractivity contribution in [2.75, 3.05) is 14.2 Å². The van der Waals surface area contributed by atoms with Gasteiger partial charge in [-0.25, -0.2) is 4.68 Å². The highest BCUT2D eigenvalue weighted by Gasteiger charge is 2.22. The summed E-state index contributed by atoms with van der Waals surface area (Å²) >= 11 is 0. The number of amides is 1. The molecule has 0 atom stereocenters. The van der Waals surface area contributed by atoms with Crippen LogP contribution in [0.4, 0.5) is 0 Å². The molecule has 0 aliphatic carbocycles. The van der Waals surface area contributed by atoms with E-state index < -0.39 is 0 Å². The van der Waals surface area contributed by atoms with E-state index in [0.29, 0.717) is 12.3 Å². The normalized spacial score (nSPS) is 10.6. The number of benzene rings is 1. The van der Waals surface area contributed by atoms with Gasteiger partial charge in [-0.1, -0.05) is 18.2 Å². The fourth-order valence-corrected chi connectivity index (χ4v) is 2.45. The second-order valence-corrected chi connectivity index (χ2v) is 5.51. The van der Waals surface area contributed by atoms with Crippen LogP contribution in [-0.4, -0.2) is 44.5 Å². The molecule has 3 aromatic rings. The molecule has 2 aromatic heterocycles. The van der Waals surface area contributed by atoms with Gasteiger partial charge in [0.05, 0.1) is 25.2 Å². The smallest absolute Gasteiger partial charge is 0.278 e. The van der Waals surface area contributed by atoms with Gasteiger partial charge in [0, 0.05) is 32.4 Å². The molecule has 7 heteroatoms. The van der Waals surface area contributed by atoms with Gasteiger partial charge in [0.25, 0.3) is 5.91 Å². The van der Waals surface area contributed by atoms with E-state index in [4.69, 9.17) is 4.74 Å². The van der Waals surface area contributed by atoms with E-state index in [9.17, 15) is 4.79 Å². The van der Waals surface area contributed by atoms with Crippen LogP contribution in [0.15, 0.2) is 48.9 Å². The molecule has 124 valence electrons. The number of rotatable bonds is 5. The first-order valence-electron chi connectivity index (χ1n) is 7.50. The summed E-state index contributed by atoms with van der Waals surface area (Å²) in [6, 6.07) is 9.59. The van der Waals surface area contributed by atoms with E-state index in [1.165, 1.54) is 7.11 Å². The van der Waals surface area contributed by atoms with E-state index in [0.717, 1.165) is 11.3 Å². The molecule has 0 bridgehead atoms. The van der Waals surface area contributed by atoms with E-state index >= 15 is 0 Å². The van der Waals surface area contributed by atoms with Gasteiger partial charge >= 0.3 is 0 Å². The minimum absolute atomic E-state index is 0.203. The molecule has 0 saturated heterocycles. The Morgan fingerprint density at radius 3 is 2.62 bits per heavy atom. The first-order valence-corrected chi connectivity index (χ1v) is 7.50. The van der Waals surface area contributed by atoms with Crippen molar-refractivity contribution in [3.63, 3.8) is 0 Å². The van der Waals surface area contributed by atoms with E-state index in [-0.39, 0.29) is 11.6 Å². The minimum atomic E-state index is -0.203. The topological polar surface area (TPSA) is 65.2 Å². The highest BCUT2D eigenvalue weighted by molar-refractivity contribution is 5.94. The molecule has 3 rings (SSSR count). The predicted octanol–water partition coefficient (Wildman–Crippen LogP) is 1.89. The molecular formula is C17H19N5O2. The second-order valence-electron chi connectivity index (χ2n) is 5.51. The Bertz CT molecular complexity index is 838. The van der Waals surface area contributed by atoms with Crippen molar-refractivity contribution in [3.05, 3.63) is 60.2 Å². The average molecular weight is 325 g/mol. The highest BCUT2D eigenvalue weighted by Crippen LogP contribution is 2.21. The quantitative estimate of drug-likeness (QED) is 0.718. The van der Waals surface area contributed by atoms with Gasteiger partial charge in [0.2, 0.25) is 0 Å². The van der Waals surface area contributed by atoms with Gasteiger partial charge in [-0.15, -0.1) is 0 Å². The fourth-order valence-electron chi connectivity index (χ4n) is 2.45. The van der Waals surface area contributed by atoms with Gasteiger partial charge in [-0.2, -0.15) is 10.2 Å². The summed E-state index contributed by atoms with van der Waals surface area (Å²) in [7, 11) is 5.11. The number of hydrogen-bond donors (Lipinski definition) is 0. The second kappa shape index (κ2) is 6.57. The van der Waals surface area contributed by atoms with Gasteiger partial charge in [0.15, 0.2) is 11.4 Å².